The Labute approximate surface area is 139 Å². The van der Waals surface area contributed by atoms with E-state index in [0.29, 0.717) is 36.5 Å². The maximum absolute atomic E-state index is 12.4. The summed E-state index contributed by atoms with van der Waals surface area (Å²) >= 11 is 5.88. The van der Waals surface area contributed by atoms with Gasteiger partial charge in [0.1, 0.15) is 6.54 Å². The quantitative estimate of drug-likeness (QED) is 0.857. The second-order valence-electron chi connectivity index (χ2n) is 5.26. The second kappa shape index (κ2) is 6.83. The fourth-order valence-electron chi connectivity index (χ4n) is 2.46. The Kier molecular flexibility index (Phi) is 4.62. The fourth-order valence-corrected chi connectivity index (χ4v) is 2.58. The Morgan fingerprint density at radius 3 is 2.70 bits per heavy atom. The van der Waals surface area contributed by atoms with Gasteiger partial charge in [-0.25, -0.2) is 4.98 Å². The van der Waals surface area contributed by atoms with Crippen molar-refractivity contribution >= 4 is 23.5 Å². The molecule has 0 saturated carbocycles. The molecule has 2 heterocycles. The van der Waals surface area contributed by atoms with Gasteiger partial charge in [-0.15, -0.1) is 0 Å². The first-order valence-electron chi connectivity index (χ1n) is 7.30. The van der Waals surface area contributed by atoms with E-state index >= 15 is 0 Å². The van der Waals surface area contributed by atoms with Crippen molar-refractivity contribution in [1.82, 2.24) is 14.9 Å². The summed E-state index contributed by atoms with van der Waals surface area (Å²) in [6, 6.07) is 9.23. The SMILES string of the molecule is COc1ccnc(N2CCN(Cc3ccc(Cl)cc3)C(=O)C2)n1. The van der Waals surface area contributed by atoms with E-state index in [2.05, 4.69) is 9.97 Å². The van der Waals surface area contributed by atoms with E-state index in [4.69, 9.17) is 16.3 Å². The lowest BCUT2D eigenvalue weighted by molar-refractivity contribution is -0.131. The average Bonchev–Trinajstić information content (AvgIpc) is 2.58. The van der Waals surface area contributed by atoms with Crippen LogP contribution in [0, 0.1) is 0 Å². The second-order valence-corrected chi connectivity index (χ2v) is 5.70. The number of benzene rings is 1. The number of amides is 1. The third-order valence-corrected chi connectivity index (χ3v) is 3.97. The molecule has 3 rings (SSSR count). The van der Waals surface area contributed by atoms with E-state index < -0.39 is 0 Å². The smallest absolute Gasteiger partial charge is 0.242 e. The van der Waals surface area contributed by atoms with Crippen molar-refractivity contribution in [3.8, 4) is 5.88 Å². The first-order valence-corrected chi connectivity index (χ1v) is 7.68. The van der Waals surface area contributed by atoms with Crippen molar-refractivity contribution in [3.63, 3.8) is 0 Å². The normalized spacial score (nSPS) is 15.0. The minimum Gasteiger partial charge on any atom is -0.481 e. The Morgan fingerprint density at radius 1 is 1.22 bits per heavy atom. The first-order chi connectivity index (χ1) is 11.2. The Balaban J connectivity index is 1.65. The molecule has 1 aliphatic rings. The summed E-state index contributed by atoms with van der Waals surface area (Å²) in [5.74, 6) is 1.06. The van der Waals surface area contributed by atoms with Crippen molar-refractivity contribution in [2.75, 3.05) is 31.6 Å². The van der Waals surface area contributed by atoms with Crippen LogP contribution in [0.5, 0.6) is 5.88 Å². The number of rotatable bonds is 4. The summed E-state index contributed by atoms with van der Waals surface area (Å²) in [5, 5.41) is 0.695. The highest BCUT2D eigenvalue weighted by Crippen LogP contribution is 2.17. The minimum atomic E-state index is 0.0534. The standard InChI is InChI=1S/C16H17ClN4O2/c1-23-14-6-7-18-16(19-14)21-9-8-20(15(22)11-21)10-12-2-4-13(17)5-3-12/h2-7H,8-11H2,1H3. The Morgan fingerprint density at radius 2 is 2.00 bits per heavy atom. The lowest BCUT2D eigenvalue weighted by Gasteiger charge is -2.34. The predicted molar refractivity (Wildman–Crippen MR) is 87.7 cm³/mol. The highest BCUT2D eigenvalue weighted by atomic mass is 35.5. The third kappa shape index (κ3) is 3.71. The monoisotopic (exact) mass is 332 g/mol. The Hall–Kier alpha value is -2.34. The molecule has 120 valence electrons. The number of ether oxygens (including phenoxy) is 1. The summed E-state index contributed by atoms with van der Waals surface area (Å²) in [4.78, 5) is 24.6. The summed E-state index contributed by atoms with van der Waals surface area (Å²) in [6.07, 6.45) is 1.63. The maximum atomic E-state index is 12.4. The number of methoxy groups -OCH3 is 1. The molecular formula is C16H17ClN4O2. The van der Waals surface area contributed by atoms with E-state index in [1.54, 1.807) is 19.4 Å². The number of carbonyl (C=O) groups is 1. The maximum Gasteiger partial charge on any atom is 0.242 e. The van der Waals surface area contributed by atoms with Gasteiger partial charge in [0, 0.05) is 36.9 Å². The van der Waals surface area contributed by atoms with Crippen molar-refractivity contribution in [3.05, 3.63) is 47.1 Å². The Bertz CT molecular complexity index is 693. The van der Waals surface area contributed by atoms with Gasteiger partial charge >= 0.3 is 0 Å². The number of halogens is 1. The zero-order valence-electron chi connectivity index (χ0n) is 12.8. The van der Waals surface area contributed by atoms with Crippen LogP contribution in [0.2, 0.25) is 5.02 Å². The summed E-state index contributed by atoms with van der Waals surface area (Å²) in [5.41, 5.74) is 1.06. The number of hydrogen-bond donors (Lipinski definition) is 0. The van der Waals surface area contributed by atoms with Gasteiger partial charge in [0.15, 0.2) is 0 Å². The number of piperazine rings is 1. The average molecular weight is 333 g/mol. The van der Waals surface area contributed by atoms with Crippen LogP contribution in [0.3, 0.4) is 0 Å². The largest absolute Gasteiger partial charge is 0.481 e. The molecule has 2 aromatic rings. The topological polar surface area (TPSA) is 58.6 Å². The number of nitrogens with zero attached hydrogens (tertiary/aromatic N) is 4. The van der Waals surface area contributed by atoms with Gasteiger partial charge in [-0.05, 0) is 17.7 Å². The molecule has 23 heavy (non-hydrogen) atoms. The predicted octanol–water partition coefficient (Wildman–Crippen LogP) is 1.99. The van der Waals surface area contributed by atoms with Crippen molar-refractivity contribution in [2.24, 2.45) is 0 Å². The summed E-state index contributed by atoms with van der Waals surface area (Å²) in [7, 11) is 1.56. The molecule has 0 radical (unpaired) electrons. The van der Waals surface area contributed by atoms with Crippen LogP contribution in [-0.2, 0) is 11.3 Å². The van der Waals surface area contributed by atoms with E-state index in [9.17, 15) is 4.79 Å². The van der Waals surface area contributed by atoms with Crippen LogP contribution in [0.4, 0.5) is 5.95 Å². The van der Waals surface area contributed by atoms with Gasteiger partial charge < -0.3 is 14.5 Å². The summed E-state index contributed by atoms with van der Waals surface area (Å²) in [6.45, 7) is 2.16. The lowest BCUT2D eigenvalue weighted by atomic mass is 10.2. The number of hydrogen-bond acceptors (Lipinski definition) is 5. The molecule has 1 aliphatic heterocycles. The van der Waals surface area contributed by atoms with Gasteiger partial charge in [-0.3, -0.25) is 4.79 Å². The molecule has 7 heteroatoms. The number of carbonyl (C=O) groups excluding carboxylic acids is 1. The first kappa shape index (κ1) is 15.6. The van der Waals surface area contributed by atoms with Crippen LogP contribution in [0.15, 0.2) is 36.5 Å². The molecular weight excluding hydrogens is 316 g/mol. The molecule has 0 bridgehead atoms. The summed E-state index contributed by atoms with van der Waals surface area (Å²) < 4.78 is 5.10. The molecule has 1 amide bonds. The molecule has 1 fully saturated rings. The van der Waals surface area contributed by atoms with Gasteiger partial charge in [-0.1, -0.05) is 23.7 Å². The van der Waals surface area contributed by atoms with Gasteiger partial charge in [0.05, 0.1) is 7.11 Å². The van der Waals surface area contributed by atoms with E-state index in [0.717, 1.165) is 5.56 Å². The lowest BCUT2D eigenvalue weighted by Crippen LogP contribution is -2.50. The van der Waals surface area contributed by atoms with Crippen LogP contribution in [0.1, 0.15) is 5.56 Å². The third-order valence-electron chi connectivity index (χ3n) is 3.71. The van der Waals surface area contributed by atoms with E-state index in [1.165, 1.54) is 0 Å². The van der Waals surface area contributed by atoms with Gasteiger partial charge in [0.2, 0.25) is 17.7 Å². The molecule has 0 spiro atoms. The zero-order chi connectivity index (χ0) is 16.2. The minimum absolute atomic E-state index is 0.0534. The van der Waals surface area contributed by atoms with E-state index in [-0.39, 0.29) is 12.5 Å². The highest BCUT2D eigenvalue weighted by Gasteiger charge is 2.25. The molecule has 0 atom stereocenters. The van der Waals surface area contributed by atoms with Gasteiger partial charge in [-0.2, -0.15) is 4.98 Å². The van der Waals surface area contributed by atoms with Crippen LogP contribution in [0.25, 0.3) is 0 Å². The zero-order valence-corrected chi connectivity index (χ0v) is 13.5. The van der Waals surface area contributed by atoms with Crippen LogP contribution >= 0.6 is 11.6 Å². The van der Waals surface area contributed by atoms with E-state index in [1.807, 2.05) is 34.1 Å². The molecule has 0 aliphatic carbocycles. The van der Waals surface area contributed by atoms with Gasteiger partial charge in [0.25, 0.3) is 0 Å². The van der Waals surface area contributed by atoms with Crippen molar-refractivity contribution < 1.29 is 9.53 Å². The van der Waals surface area contributed by atoms with Crippen LogP contribution in [-0.4, -0.2) is 47.5 Å². The molecule has 1 saturated heterocycles. The number of anilines is 1. The molecule has 1 aromatic carbocycles. The van der Waals surface area contributed by atoms with Crippen molar-refractivity contribution in [2.45, 2.75) is 6.54 Å². The molecule has 0 N–H and O–H groups in total. The highest BCUT2D eigenvalue weighted by molar-refractivity contribution is 6.30. The van der Waals surface area contributed by atoms with Crippen LogP contribution < -0.4 is 9.64 Å². The fraction of sp³-hybridized carbons (Fsp3) is 0.312. The molecule has 1 aromatic heterocycles. The molecule has 0 unspecified atom stereocenters. The van der Waals surface area contributed by atoms with Crippen molar-refractivity contribution in [1.29, 1.82) is 0 Å². The number of aromatic nitrogens is 2. The molecule has 6 nitrogen and oxygen atoms in total.